The minimum absolute atomic E-state index is 0.0378. The number of para-hydroxylation sites is 1. The fourth-order valence-electron chi connectivity index (χ4n) is 4.90. The summed E-state index contributed by atoms with van der Waals surface area (Å²) in [5.74, 6) is 0.139. The molecule has 2 aromatic carbocycles. The number of primary amides is 1. The van der Waals surface area contributed by atoms with Gasteiger partial charge < -0.3 is 20.7 Å². The van der Waals surface area contributed by atoms with E-state index in [9.17, 15) is 9.59 Å². The van der Waals surface area contributed by atoms with Gasteiger partial charge in [0.05, 0.1) is 12.9 Å². The lowest BCUT2D eigenvalue weighted by Crippen LogP contribution is -2.41. The largest absolute Gasteiger partial charge is 0.457 e. The van der Waals surface area contributed by atoms with Crippen LogP contribution in [0.1, 0.15) is 42.5 Å². The molecule has 2 amide bonds. The molecule has 180 valence electrons. The molecule has 35 heavy (non-hydrogen) atoms. The van der Waals surface area contributed by atoms with Crippen molar-refractivity contribution in [3.63, 3.8) is 0 Å². The predicted molar refractivity (Wildman–Crippen MR) is 134 cm³/mol. The van der Waals surface area contributed by atoms with Crippen molar-refractivity contribution in [2.75, 3.05) is 25.0 Å². The van der Waals surface area contributed by atoms with Crippen molar-refractivity contribution < 1.29 is 21.2 Å². The summed E-state index contributed by atoms with van der Waals surface area (Å²) in [5.41, 5.74) is 7.11. The first-order valence-electron chi connectivity index (χ1n) is 14.0. The number of nitrogens with one attached hydrogen (secondary N) is 1. The van der Waals surface area contributed by atoms with Crippen LogP contribution in [-0.2, 0) is 4.79 Å². The van der Waals surface area contributed by atoms with Gasteiger partial charge in [0.2, 0.25) is 5.91 Å². The second-order valence-electron chi connectivity index (χ2n) is 8.61. The summed E-state index contributed by atoms with van der Waals surface area (Å²) in [5, 5.41) is 8.11. The summed E-state index contributed by atoms with van der Waals surface area (Å²) in [6, 6.07) is 4.21. The molecule has 3 aromatic rings. The monoisotopic (exact) mass is 476 g/mol. The van der Waals surface area contributed by atoms with Crippen molar-refractivity contribution in [3.8, 4) is 22.8 Å². The highest BCUT2D eigenvalue weighted by molar-refractivity contribution is 6.03. The van der Waals surface area contributed by atoms with Gasteiger partial charge in [-0.15, -0.1) is 0 Å². The molecule has 1 saturated heterocycles. The molecule has 1 fully saturated rings. The van der Waals surface area contributed by atoms with Crippen LogP contribution in [0.3, 0.4) is 0 Å². The van der Waals surface area contributed by atoms with Crippen LogP contribution in [0.4, 0.5) is 5.82 Å². The molecule has 8 nitrogen and oxygen atoms in total. The fraction of sp³-hybridized carbons (Fsp3) is 0.296. The molecule has 0 unspecified atom stereocenters. The number of ether oxygens (including phenoxy) is 1. The Morgan fingerprint density at radius 2 is 1.83 bits per heavy atom. The summed E-state index contributed by atoms with van der Waals surface area (Å²) in [4.78, 5) is 26.4. The van der Waals surface area contributed by atoms with E-state index in [0.29, 0.717) is 36.7 Å². The Bertz CT molecular complexity index is 1470. The first-order valence-corrected chi connectivity index (χ1v) is 11.5. The molecule has 3 N–H and O–H groups in total. The molecule has 1 aromatic heterocycles. The van der Waals surface area contributed by atoms with Gasteiger partial charge in [-0.25, -0.2) is 4.68 Å². The minimum Gasteiger partial charge on any atom is -0.457 e. The maximum Gasteiger partial charge on any atom is 0.254 e. The van der Waals surface area contributed by atoms with Crippen LogP contribution in [0.2, 0.25) is 0 Å². The van der Waals surface area contributed by atoms with Gasteiger partial charge in [-0.2, -0.15) is 5.10 Å². The van der Waals surface area contributed by atoms with E-state index in [1.807, 2.05) is 4.68 Å². The summed E-state index contributed by atoms with van der Waals surface area (Å²) in [6.45, 7) is 5.51. The molecular weight excluding hydrogens is 442 g/mol. The maximum atomic E-state index is 12.6. The van der Waals surface area contributed by atoms with Gasteiger partial charge in [0.15, 0.2) is 0 Å². The predicted octanol–water partition coefficient (Wildman–Crippen LogP) is 4.22. The van der Waals surface area contributed by atoms with Crippen molar-refractivity contribution in [2.45, 2.75) is 25.3 Å². The van der Waals surface area contributed by atoms with Gasteiger partial charge in [0, 0.05) is 25.2 Å². The summed E-state index contributed by atoms with van der Waals surface area (Å²) in [7, 11) is 0. The lowest BCUT2D eigenvalue weighted by Gasteiger charge is -2.38. The molecule has 0 aliphatic carbocycles. The number of hydrogen-bond acceptors (Lipinski definition) is 5. The molecule has 1 atom stereocenters. The highest BCUT2D eigenvalue weighted by Crippen LogP contribution is 2.40. The van der Waals surface area contributed by atoms with E-state index in [1.54, 1.807) is 29.2 Å². The van der Waals surface area contributed by atoms with Gasteiger partial charge >= 0.3 is 0 Å². The van der Waals surface area contributed by atoms with Gasteiger partial charge in [-0.05, 0) is 67.6 Å². The number of piperidine rings is 1. The molecular formula is C27H29N5O3. The highest BCUT2D eigenvalue weighted by atomic mass is 16.5. The van der Waals surface area contributed by atoms with Gasteiger partial charge in [-0.3, -0.25) is 9.59 Å². The Balaban J connectivity index is 1.43. The van der Waals surface area contributed by atoms with Crippen LogP contribution in [0.25, 0.3) is 11.3 Å². The second kappa shape index (κ2) is 9.66. The van der Waals surface area contributed by atoms with E-state index in [2.05, 4.69) is 11.9 Å². The average Bonchev–Trinajstić information content (AvgIpc) is 3.37. The molecule has 0 spiro atoms. The number of hydrogen-bond donors (Lipinski definition) is 2. The number of rotatable bonds is 6. The van der Waals surface area contributed by atoms with Crippen molar-refractivity contribution >= 4 is 17.6 Å². The summed E-state index contributed by atoms with van der Waals surface area (Å²) in [6.07, 6.45) is 3.78. The van der Waals surface area contributed by atoms with Crippen LogP contribution < -0.4 is 15.8 Å². The zero-order chi connectivity index (χ0) is 28.7. The fourth-order valence-corrected chi connectivity index (χ4v) is 4.90. The number of amides is 2. The van der Waals surface area contributed by atoms with E-state index < -0.39 is 36.1 Å². The van der Waals surface area contributed by atoms with E-state index in [0.717, 1.165) is 19.3 Å². The number of anilines is 1. The number of likely N-dealkylation sites (tertiary alicyclic amines) is 1. The van der Waals surface area contributed by atoms with E-state index in [-0.39, 0.29) is 34.9 Å². The first kappa shape index (κ1) is 17.4. The van der Waals surface area contributed by atoms with E-state index >= 15 is 0 Å². The molecule has 0 radical (unpaired) electrons. The second-order valence-corrected chi connectivity index (χ2v) is 8.61. The quantitative estimate of drug-likeness (QED) is 0.519. The number of carbonyl (C=O) groups is 2. The van der Waals surface area contributed by atoms with E-state index in [1.165, 1.54) is 6.08 Å². The SMILES string of the molecule is [2H]c1c([2H])c([2H])c(Oc2ccc(-c3nn4c(c3C(N)=O)NCC[C@@H]4C3CCN(C(=O)C=C)CC3)cc2)c([2H])c1[2H]. The number of fused-ring (bicyclic) bond motifs is 1. The van der Waals surface area contributed by atoms with Crippen molar-refractivity contribution in [1.82, 2.24) is 14.7 Å². The van der Waals surface area contributed by atoms with Crippen LogP contribution in [0.5, 0.6) is 11.5 Å². The highest BCUT2D eigenvalue weighted by Gasteiger charge is 2.35. The van der Waals surface area contributed by atoms with E-state index in [4.69, 9.17) is 22.4 Å². The molecule has 2 aliphatic rings. The van der Waals surface area contributed by atoms with Gasteiger partial charge in [0.1, 0.15) is 28.6 Å². The Hall–Kier alpha value is -4.07. The van der Waals surface area contributed by atoms with Crippen LogP contribution >= 0.6 is 0 Å². The van der Waals surface area contributed by atoms with Crippen LogP contribution in [0.15, 0.2) is 67.1 Å². The van der Waals surface area contributed by atoms with Crippen LogP contribution in [-0.4, -0.2) is 46.1 Å². The molecule has 3 heterocycles. The lowest BCUT2D eigenvalue weighted by atomic mass is 9.87. The topological polar surface area (TPSA) is 102 Å². The molecule has 2 aliphatic heterocycles. The molecule has 5 rings (SSSR count). The molecule has 0 saturated carbocycles. The Morgan fingerprint density at radius 3 is 2.49 bits per heavy atom. The maximum absolute atomic E-state index is 12.6. The van der Waals surface area contributed by atoms with Crippen molar-refractivity contribution in [2.24, 2.45) is 11.7 Å². The number of nitrogens with two attached hydrogens (primary N) is 1. The summed E-state index contributed by atoms with van der Waals surface area (Å²) < 4.78 is 47.1. The lowest BCUT2D eigenvalue weighted by molar-refractivity contribution is -0.127. The van der Waals surface area contributed by atoms with Crippen LogP contribution in [0, 0.1) is 5.92 Å². The number of nitrogens with zero attached hydrogens (tertiary/aromatic N) is 3. The smallest absolute Gasteiger partial charge is 0.254 e. The van der Waals surface area contributed by atoms with Gasteiger partial charge in [-0.1, -0.05) is 24.7 Å². The Kier molecular flexibility index (Phi) is 4.79. The molecule has 0 bridgehead atoms. The third-order valence-corrected chi connectivity index (χ3v) is 6.60. The van der Waals surface area contributed by atoms with Crippen molar-refractivity contribution in [3.05, 3.63) is 72.7 Å². The zero-order valence-electron chi connectivity index (χ0n) is 24.1. The Morgan fingerprint density at radius 1 is 1.11 bits per heavy atom. The van der Waals surface area contributed by atoms with Crippen molar-refractivity contribution in [1.29, 1.82) is 0 Å². The minimum atomic E-state index is -0.616. The number of carbonyl (C=O) groups excluding carboxylic acids is 2. The number of benzene rings is 2. The third kappa shape index (κ3) is 4.51. The average molecular weight is 477 g/mol. The standard InChI is InChI=1S/C27H29N5O3/c1-2-23(33)31-16-13-18(14-17-31)22-12-15-29-27-24(26(28)34)25(30-32(22)27)19-8-10-21(11-9-19)35-20-6-4-3-5-7-20/h2-11,18,22,29H,1,12-17H2,(H2,28,34)/t22-/m1/s1/i3D,4D,5D,6D,7D. The molecule has 8 heteroatoms. The Labute approximate surface area is 211 Å². The normalized spacial score (nSPS) is 19.8. The third-order valence-electron chi connectivity index (χ3n) is 6.60. The summed E-state index contributed by atoms with van der Waals surface area (Å²) >= 11 is 0. The van der Waals surface area contributed by atoms with Gasteiger partial charge in [0.25, 0.3) is 5.91 Å². The zero-order valence-corrected chi connectivity index (χ0v) is 19.1. The first-order chi connectivity index (χ1) is 19.1. The number of aromatic nitrogens is 2.